The zero-order valence-electron chi connectivity index (χ0n) is 14.9. The van der Waals surface area contributed by atoms with Crippen LogP contribution in [0.25, 0.3) is 0 Å². The minimum absolute atomic E-state index is 0.231. The molecule has 2 aliphatic heterocycles. The third-order valence-corrected chi connectivity index (χ3v) is 5.39. The van der Waals surface area contributed by atoms with Gasteiger partial charge in [0.15, 0.2) is 0 Å². The van der Waals surface area contributed by atoms with E-state index in [0.29, 0.717) is 18.2 Å². The second kappa shape index (κ2) is 7.87. The van der Waals surface area contributed by atoms with Gasteiger partial charge in [-0.25, -0.2) is 4.79 Å². The van der Waals surface area contributed by atoms with Crippen molar-refractivity contribution in [1.29, 1.82) is 0 Å². The Hall–Kier alpha value is -2.08. The smallest absolute Gasteiger partial charge is 0.335 e. The first kappa shape index (κ1) is 17.7. The first-order valence-electron chi connectivity index (χ1n) is 9.15. The quantitative estimate of drug-likeness (QED) is 0.903. The van der Waals surface area contributed by atoms with Gasteiger partial charge >= 0.3 is 5.97 Å². The van der Waals surface area contributed by atoms with Gasteiger partial charge < -0.3 is 14.9 Å². The molecule has 1 N–H and O–H groups in total. The van der Waals surface area contributed by atoms with Crippen molar-refractivity contribution in [2.75, 3.05) is 44.2 Å². The third-order valence-electron chi connectivity index (χ3n) is 5.39. The van der Waals surface area contributed by atoms with E-state index in [0.717, 1.165) is 38.4 Å². The minimum atomic E-state index is -0.908. The number of piperazine rings is 1. The number of carboxylic acid groups (broad SMARTS) is 1. The Morgan fingerprint density at radius 2 is 1.72 bits per heavy atom. The maximum absolute atomic E-state index is 12.6. The largest absolute Gasteiger partial charge is 0.478 e. The fourth-order valence-corrected chi connectivity index (χ4v) is 3.70. The van der Waals surface area contributed by atoms with Gasteiger partial charge in [0.2, 0.25) is 5.91 Å². The van der Waals surface area contributed by atoms with Gasteiger partial charge in [0.1, 0.15) is 0 Å². The lowest BCUT2D eigenvalue weighted by molar-refractivity contribution is -0.133. The Labute approximate surface area is 149 Å². The fraction of sp³-hybridized carbons (Fsp3) is 0.579. The van der Waals surface area contributed by atoms with E-state index in [-0.39, 0.29) is 5.91 Å². The molecule has 2 aliphatic rings. The molecule has 1 unspecified atom stereocenters. The SMILES string of the molecule is CC1CCCCN1CC(=O)N1CCN(c2ccc(C(=O)O)cc2)CC1. The van der Waals surface area contributed by atoms with Crippen LogP contribution in [0, 0.1) is 0 Å². The number of hydrogen-bond acceptors (Lipinski definition) is 4. The van der Waals surface area contributed by atoms with Crippen molar-refractivity contribution in [3.8, 4) is 0 Å². The highest BCUT2D eigenvalue weighted by molar-refractivity contribution is 5.88. The molecule has 3 rings (SSSR count). The van der Waals surface area contributed by atoms with Crippen LogP contribution in [-0.4, -0.2) is 72.1 Å². The van der Waals surface area contributed by atoms with Crippen LogP contribution in [0.4, 0.5) is 5.69 Å². The number of likely N-dealkylation sites (tertiary alicyclic amines) is 1. The highest BCUT2D eigenvalue weighted by Gasteiger charge is 2.26. The zero-order valence-corrected chi connectivity index (χ0v) is 14.9. The third kappa shape index (κ3) is 4.31. The van der Waals surface area contributed by atoms with Crippen LogP contribution >= 0.6 is 0 Å². The number of benzene rings is 1. The summed E-state index contributed by atoms with van der Waals surface area (Å²) in [5, 5.41) is 8.97. The van der Waals surface area contributed by atoms with Crippen molar-refractivity contribution in [1.82, 2.24) is 9.80 Å². The molecule has 0 aliphatic carbocycles. The van der Waals surface area contributed by atoms with Gasteiger partial charge in [-0.05, 0) is 50.6 Å². The summed E-state index contributed by atoms with van der Waals surface area (Å²) in [7, 11) is 0. The van der Waals surface area contributed by atoms with Crippen molar-refractivity contribution in [2.24, 2.45) is 0 Å². The van der Waals surface area contributed by atoms with Gasteiger partial charge in [-0.15, -0.1) is 0 Å². The molecular formula is C19H27N3O3. The molecule has 6 nitrogen and oxygen atoms in total. The molecule has 1 amide bonds. The fourth-order valence-electron chi connectivity index (χ4n) is 3.70. The topological polar surface area (TPSA) is 64.1 Å². The number of rotatable bonds is 4. The van der Waals surface area contributed by atoms with E-state index in [9.17, 15) is 9.59 Å². The minimum Gasteiger partial charge on any atom is -0.478 e. The highest BCUT2D eigenvalue weighted by atomic mass is 16.4. The average molecular weight is 345 g/mol. The summed E-state index contributed by atoms with van der Waals surface area (Å²) < 4.78 is 0. The molecule has 0 bridgehead atoms. The van der Waals surface area contributed by atoms with Gasteiger partial charge in [0, 0.05) is 37.9 Å². The Bertz CT molecular complexity index is 609. The van der Waals surface area contributed by atoms with Gasteiger partial charge in [-0.1, -0.05) is 6.42 Å². The van der Waals surface area contributed by atoms with Crippen molar-refractivity contribution >= 4 is 17.6 Å². The van der Waals surface area contributed by atoms with Crippen molar-refractivity contribution in [2.45, 2.75) is 32.2 Å². The molecule has 2 saturated heterocycles. The van der Waals surface area contributed by atoms with Crippen molar-refractivity contribution in [3.05, 3.63) is 29.8 Å². The van der Waals surface area contributed by atoms with Crippen LogP contribution < -0.4 is 4.90 Å². The highest BCUT2D eigenvalue weighted by Crippen LogP contribution is 2.19. The molecule has 1 atom stereocenters. The van der Waals surface area contributed by atoms with Crippen LogP contribution in [0.3, 0.4) is 0 Å². The standard InChI is InChI=1S/C19H27N3O3/c1-15-4-2-3-9-22(15)14-18(23)21-12-10-20(11-13-21)17-7-5-16(6-8-17)19(24)25/h5-8,15H,2-4,9-14H2,1H3,(H,24,25). The number of carbonyl (C=O) groups excluding carboxylic acids is 1. The van der Waals surface area contributed by atoms with E-state index in [4.69, 9.17) is 5.11 Å². The predicted molar refractivity (Wildman–Crippen MR) is 97.1 cm³/mol. The molecule has 0 spiro atoms. The number of carbonyl (C=O) groups is 2. The summed E-state index contributed by atoms with van der Waals surface area (Å²) in [4.78, 5) is 30.0. The van der Waals surface area contributed by atoms with E-state index >= 15 is 0 Å². The van der Waals surface area contributed by atoms with Crippen LogP contribution in [0.5, 0.6) is 0 Å². The Morgan fingerprint density at radius 1 is 1.04 bits per heavy atom. The molecule has 1 aromatic rings. The second-order valence-corrected chi connectivity index (χ2v) is 7.04. The van der Waals surface area contributed by atoms with Crippen LogP contribution in [0.15, 0.2) is 24.3 Å². The van der Waals surface area contributed by atoms with E-state index in [2.05, 4.69) is 16.7 Å². The number of piperidine rings is 1. The number of aromatic carboxylic acids is 1. The van der Waals surface area contributed by atoms with Crippen LogP contribution in [0.2, 0.25) is 0 Å². The van der Waals surface area contributed by atoms with E-state index in [1.54, 1.807) is 12.1 Å². The van der Waals surface area contributed by atoms with Crippen molar-refractivity contribution in [3.63, 3.8) is 0 Å². The summed E-state index contributed by atoms with van der Waals surface area (Å²) in [6.45, 7) is 6.80. The summed E-state index contributed by atoms with van der Waals surface area (Å²) in [6, 6.07) is 7.46. The van der Waals surface area contributed by atoms with E-state index in [1.165, 1.54) is 19.3 Å². The zero-order chi connectivity index (χ0) is 17.8. The summed E-state index contributed by atoms with van der Waals surface area (Å²) in [6.07, 6.45) is 3.65. The van der Waals surface area contributed by atoms with Crippen LogP contribution in [-0.2, 0) is 4.79 Å². The summed E-state index contributed by atoms with van der Waals surface area (Å²) in [5.74, 6) is -0.677. The molecule has 25 heavy (non-hydrogen) atoms. The molecule has 2 heterocycles. The van der Waals surface area contributed by atoms with E-state index in [1.807, 2.05) is 17.0 Å². The second-order valence-electron chi connectivity index (χ2n) is 7.04. The lowest BCUT2D eigenvalue weighted by atomic mass is 10.0. The molecule has 1 aromatic carbocycles. The average Bonchev–Trinajstić information content (AvgIpc) is 2.64. The molecule has 6 heteroatoms. The lowest BCUT2D eigenvalue weighted by Crippen LogP contribution is -2.52. The number of hydrogen-bond donors (Lipinski definition) is 1. The first-order chi connectivity index (χ1) is 12.0. The monoisotopic (exact) mass is 345 g/mol. The Kier molecular flexibility index (Phi) is 5.58. The molecule has 0 radical (unpaired) electrons. The summed E-state index contributed by atoms with van der Waals surface area (Å²) >= 11 is 0. The molecular weight excluding hydrogens is 318 g/mol. The molecule has 0 saturated carbocycles. The number of carboxylic acids is 1. The maximum atomic E-state index is 12.6. The van der Waals surface area contributed by atoms with E-state index < -0.39 is 5.97 Å². The first-order valence-corrected chi connectivity index (χ1v) is 9.15. The van der Waals surface area contributed by atoms with Gasteiger partial charge in [-0.2, -0.15) is 0 Å². The van der Waals surface area contributed by atoms with Gasteiger partial charge in [0.25, 0.3) is 0 Å². The predicted octanol–water partition coefficient (Wildman–Crippen LogP) is 1.91. The Morgan fingerprint density at radius 3 is 2.32 bits per heavy atom. The normalized spacial score (nSPS) is 22.0. The molecule has 0 aromatic heterocycles. The number of amides is 1. The number of anilines is 1. The van der Waals surface area contributed by atoms with Crippen LogP contribution in [0.1, 0.15) is 36.5 Å². The van der Waals surface area contributed by atoms with Gasteiger partial charge in [0.05, 0.1) is 12.1 Å². The maximum Gasteiger partial charge on any atom is 0.335 e. The molecule has 136 valence electrons. The Balaban J connectivity index is 1.51. The molecule has 2 fully saturated rings. The van der Waals surface area contributed by atoms with Gasteiger partial charge in [-0.3, -0.25) is 9.69 Å². The summed E-state index contributed by atoms with van der Waals surface area (Å²) in [5.41, 5.74) is 1.31. The lowest BCUT2D eigenvalue weighted by Gasteiger charge is -2.38. The van der Waals surface area contributed by atoms with Crippen molar-refractivity contribution < 1.29 is 14.7 Å². The number of nitrogens with zero attached hydrogens (tertiary/aromatic N) is 3.